The van der Waals surface area contributed by atoms with Gasteiger partial charge in [-0.25, -0.2) is 0 Å². The minimum atomic E-state index is -0.0922. The van der Waals surface area contributed by atoms with Crippen molar-refractivity contribution in [2.75, 3.05) is 6.54 Å². The molecule has 148 valence electrons. The fraction of sp³-hybridized carbons (Fsp3) is 0.652. The molecule has 2 aliphatic rings. The van der Waals surface area contributed by atoms with Gasteiger partial charge in [-0.05, 0) is 51.5 Å². The number of carbonyl (C=O) groups is 2. The van der Waals surface area contributed by atoms with E-state index >= 15 is 0 Å². The maximum absolute atomic E-state index is 13.3. The van der Waals surface area contributed by atoms with Crippen molar-refractivity contribution in [3.05, 3.63) is 35.4 Å². The predicted molar refractivity (Wildman–Crippen MR) is 108 cm³/mol. The highest BCUT2D eigenvalue weighted by Crippen LogP contribution is 2.37. The van der Waals surface area contributed by atoms with E-state index in [9.17, 15) is 9.59 Å². The average Bonchev–Trinajstić information content (AvgIpc) is 3.21. The summed E-state index contributed by atoms with van der Waals surface area (Å²) in [4.78, 5) is 28.1. The fourth-order valence-corrected chi connectivity index (χ4v) is 4.52. The van der Waals surface area contributed by atoms with Crippen molar-refractivity contribution in [3.8, 4) is 0 Å². The Balaban J connectivity index is 1.79. The molecule has 4 nitrogen and oxygen atoms in total. The van der Waals surface area contributed by atoms with E-state index in [2.05, 4.69) is 43.4 Å². The van der Waals surface area contributed by atoms with Gasteiger partial charge in [0.15, 0.2) is 0 Å². The Morgan fingerprint density at radius 3 is 2.56 bits per heavy atom. The molecule has 1 heterocycles. The van der Waals surface area contributed by atoms with Gasteiger partial charge in [0, 0.05) is 18.5 Å². The van der Waals surface area contributed by atoms with E-state index in [1.165, 1.54) is 11.1 Å². The molecule has 0 unspecified atom stereocenters. The van der Waals surface area contributed by atoms with Crippen molar-refractivity contribution in [1.29, 1.82) is 0 Å². The fourth-order valence-electron chi connectivity index (χ4n) is 4.52. The van der Waals surface area contributed by atoms with Crippen LogP contribution >= 0.6 is 0 Å². The Hall–Kier alpha value is -1.84. The maximum Gasteiger partial charge on any atom is 0.226 e. The molecule has 1 N–H and O–H groups in total. The number of likely N-dealkylation sites (tertiary alicyclic amines) is 1. The molecule has 27 heavy (non-hydrogen) atoms. The Morgan fingerprint density at radius 2 is 1.89 bits per heavy atom. The topological polar surface area (TPSA) is 49.4 Å². The molecule has 1 aromatic carbocycles. The smallest absolute Gasteiger partial charge is 0.226 e. The van der Waals surface area contributed by atoms with E-state index < -0.39 is 0 Å². The van der Waals surface area contributed by atoms with Crippen LogP contribution in [0.3, 0.4) is 0 Å². The Labute approximate surface area is 163 Å². The molecule has 1 saturated carbocycles. The van der Waals surface area contributed by atoms with Crippen LogP contribution in [0.1, 0.15) is 76.0 Å². The number of hydrogen-bond donors (Lipinski definition) is 1. The number of nitrogens with zero attached hydrogens (tertiary/aromatic N) is 1. The highest BCUT2D eigenvalue weighted by atomic mass is 16.2. The summed E-state index contributed by atoms with van der Waals surface area (Å²) in [6.45, 7) is 6.77. The van der Waals surface area contributed by atoms with Crippen LogP contribution in [0.2, 0.25) is 0 Å². The molecule has 1 aromatic rings. The summed E-state index contributed by atoms with van der Waals surface area (Å²) in [6.07, 6.45) is 6.93. The molecule has 0 bridgehead atoms. The Morgan fingerprint density at radius 1 is 1.15 bits per heavy atom. The van der Waals surface area contributed by atoms with Crippen molar-refractivity contribution >= 4 is 11.8 Å². The van der Waals surface area contributed by atoms with Gasteiger partial charge < -0.3 is 10.2 Å². The number of rotatable bonds is 5. The zero-order chi connectivity index (χ0) is 19.4. The standard InChI is InChI=1S/C23H34N2O2/c1-4-17(3)24-22(26)20-12-13-21(19-11-7-8-16(2)14-19)25(15-20)23(27)18-9-5-6-10-18/h7-8,11,14,17-18,20-21H,4-6,9-10,12-13,15H2,1-3H3,(H,24,26)/t17-,20-,21+/m0/s1. The monoisotopic (exact) mass is 370 g/mol. The molecule has 3 atom stereocenters. The van der Waals surface area contributed by atoms with Crippen molar-refractivity contribution in [2.45, 2.75) is 77.8 Å². The van der Waals surface area contributed by atoms with Crippen molar-refractivity contribution in [2.24, 2.45) is 11.8 Å². The summed E-state index contributed by atoms with van der Waals surface area (Å²) in [5.41, 5.74) is 2.43. The van der Waals surface area contributed by atoms with Gasteiger partial charge in [0.05, 0.1) is 12.0 Å². The maximum atomic E-state index is 13.3. The second-order valence-electron chi connectivity index (χ2n) is 8.49. The lowest BCUT2D eigenvalue weighted by Gasteiger charge is -2.41. The first-order valence-corrected chi connectivity index (χ1v) is 10.7. The summed E-state index contributed by atoms with van der Waals surface area (Å²) in [5.74, 6) is 0.426. The Bertz CT molecular complexity index is 666. The summed E-state index contributed by atoms with van der Waals surface area (Å²) < 4.78 is 0. The second kappa shape index (κ2) is 8.90. The minimum absolute atomic E-state index is 0.0922. The molecule has 2 amide bonds. The quantitative estimate of drug-likeness (QED) is 0.836. The van der Waals surface area contributed by atoms with Gasteiger partial charge in [0.25, 0.3) is 0 Å². The van der Waals surface area contributed by atoms with Crippen LogP contribution in [0.4, 0.5) is 0 Å². The zero-order valence-electron chi connectivity index (χ0n) is 17.0. The van der Waals surface area contributed by atoms with Gasteiger partial charge in [-0.15, -0.1) is 0 Å². The average molecular weight is 371 g/mol. The third-order valence-electron chi connectivity index (χ3n) is 6.37. The minimum Gasteiger partial charge on any atom is -0.353 e. The van der Waals surface area contributed by atoms with Gasteiger partial charge in [-0.1, -0.05) is 49.6 Å². The number of aryl methyl sites for hydroxylation is 1. The predicted octanol–water partition coefficient (Wildman–Crippen LogP) is 4.38. The van der Waals surface area contributed by atoms with Crippen LogP contribution in [0.5, 0.6) is 0 Å². The summed E-state index contributed by atoms with van der Waals surface area (Å²) >= 11 is 0. The lowest BCUT2D eigenvalue weighted by molar-refractivity contribution is -0.142. The highest BCUT2D eigenvalue weighted by Gasteiger charge is 2.38. The lowest BCUT2D eigenvalue weighted by atomic mass is 9.86. The molecular weight excluding hydrogens is 336 g/mol. The van der Waals surface area contributed by atoms with Crippen LogP contribution in [-0.4, -0.2) is 29.3 Å². The van der Waals surface area contributed by atoms with Crippen LogP contribution in [0, 0.1) is 18.8 Å². The third-order valence-corrected chi connectivity index (χ3v) is 6.37. The molecule has 3 rings (SSSR count). The molecule has 2 fully saturated rings. The van der Waals surface area contributed by atoms with E-state index in [-0.39, 0.29) is 35.7 Å². The number of nitrogens with one attached hydrogen (secondary N) is 1. The summed E-state index contributed by atoms with van der Waals surface area (Å²) in [7, 11) is 0. The number of piperidine rings is 1. The molecule has 0 aromatic heterocycles. The molecule has 1 aliphatic heterocycles. The van der Waals surface area contributed by atoms with Gasteiger partial charge in [0.2, 0.25) is 11.8 Å². The van der Waals surface area contributed by atoms with Gasteiger partial charge >= 0.3 is 0 Å². The second-order valence-corrected chi connectivity index (χ2v) is 8.49. The molecule has 1 aliphatic carbocycles. The van der Waals surface area contributed by atoms with Crippen LogP contribution in [0.15, 0.2) is 24.3 Å². The van der Waals surface area contributed by atoms with E-state index in [0.717, 1.165) is 44.9 Å². The normalized spacial score (nSPS) is 24.6. The van der Waals surface area contributed by atoms with Gasteiger partial charge in [-0.3, -0.25) is 9.59 Å². The van der Waals surface area contributed by atoms with Crippen LogP contribution in [0.25, 0.3) is 0 Å². The van der Waals surface area contributed by atoms with Crippen LogP contribution in [-0.2, 0) is 9.59 Å². The van der Waals surface area contributed by atoms with E-state index in [0.29, 0.717) is 6.54 Å². The number of amides is 2. The third kappa shape index (κ3) is 4.72. The molecule has 0 radical (unpaired) electrons. The van der Waals surface area contributed by atoms with E-state index in [1.54, 1.807) is 0 Å². The number of benzene rings is 1. The van der Waals surface area contributed by atoms with Crippen molar-refractivity contribution in [3.63, 3.8) is 0 Å². The van der Waals surface area contributed by atoms with Crippen molar-refractivity contribution in [1.82, 2.24) is 10.2 Å². The zero-order valence-corrected chi connectivity index (χ0v) is 17.0. The SMILES string of the molecule is CC[C@H](C)NC(=O)[C@H]1CC[C@H](c2cccc(C)c2)N(C(=O)C2CCCC2)C1. The number of carbonyl (C=O) groups excluding carboxylic acids is 2. The molecule has 4 heteroatoms. The molecular formula is C23H34N2O2. The van der Waals surface area contributed by atoms with E-state index in [1.807, 2.05) is 11.8 Å². The largest absolute Gasteiger partial charge is 0.353 e. The van der Waals surface area contributed by atoms with Gasteiger partial charge in [-0.2, -0.15) is 0 Å². The first-order valence-electron chi connectivity index (χ1n) is 10.7. The first kappa shape index (κ1) is 19.9. The van der Waals surface area contributed by atoms with Crippen LogP contribution < -0.4 is 5.32 Å². The first-order chi connectivity index (χ1) is 13.0. The lowest BCUT2D eigenvalue weighted by Crippen LogP contribution is -2.49. The van der Waals surface area contributed by atoms with Gasteiger partial charge in [0.1, 0.15) is 0 Å². The Kier molecular flexibility index (Phi) is 6.56. The molecule has 0 spiro atoms. The van der Waals surface area contributed by atoms with E-state index in [4.69, 9.17) is 0 Å². The van der Waals surface area contributed by atoms with Crippen molar-refractivity contribution < 1.29 is 9.59 Å². The number of hydrogen-bond acceptors (Lipinski definition) is 2. The summed E-state index contributed by atoms with van der Waals surface area (Å²) in [6, 6.07) is 8.78. The highest BCUT2D eigenvalue weighted by molar-refractivity contribution is 5.83. The molecule has 1 saturated heterocycles. The summed E-state index contributed by atoms with van der Waals surface area (Å²) in [5, 5.41) is 3.12.